The van der Waals surface area contributed by atoms with Gasteiger partial charge >= 0.3 is 0 Å². The van der Waals surface area contributed by atoms with Gasteiger partial charge in [0.05, 0.1) is 41.9 Å². The molecule has 144 valence electrons. The van der Waals surface area contributed by atoms with E-state index < -0.39 is 0 Å². The number of hydrogen-bond donors (Lipinski definition) is 0. The second-order valence-corrected chi connectivity index (χ2v) is 7.25. The molecule has 0 amide bonds. The van der Waals surface area contributed by atoms with Crippen LogP contribution >= 0.6 is 11.6 Å². The Balaban J connectivity index is 1.73. The molecular formula is C21H16ClN5O2. The average molecular weight is 406 g/mol. The number of ketones is 1. The van der Waals surface area contributed by atoms with Crippen molar-refractivity contribution in [3.8, 4) is 17.1 Å². The summed E-state index contributed by atoms with van der Waals surface area (Å²) in [5, 5.41) is 9.13. The molecule has 5 rings (SSSR count). The Morgan fingerprint density at radius 2 is 1.90 bits per heavy atom. The molecule has 0 spiro atoms. The van der Waals surface area contributed by atoms with Crippen LogP contribution in [0, 0.1) is 6.92 Å². The SMILES string of the molecule is COc1ccc2c(c1)-n1nnc(C(=O)c3ccc(Cl)cc3)c1Cc1c(C)ncn1-2. The van der Waals surface area contributed by atoms with Crippen LogP contribution in [-0.4, -0.2) is 37.4 Å². The number of benzene rings is 2. The zero-order valence-electron chi connectivity index (χ0n) is 15.8. The van der Waals surface area contributed by atoms with Crippen LogP contribution in [0.25, 0.3) is 11.4 Å². The largest absolute Gasteiger partial charge is 0.497 e. The number of ether oxygens (including phenoxy) is 1. The van der Waals surface area contributed by atoms with Gasteiger partial charge in [-0.25, -0.2) is 9.67 Å². The second kappa shape index (κ2) is 6.56. The summed E-state index contributed by atoms with van der Waals surface area (Å²) in [5.41, 5.74) is 5.10. The lowest BCUT2D eigenvalue weighted by Crippen LogP contribution is -2.09. The molecule has 0 saturated heterocycles. The summed E-state index contributed by atoms with van der Waals surface area (Å²) < 4.78 is 9.14. The Bertz CT molecular complexity index is 1260. The number of imidazole rings is 1. The highest BCUT2D eigenvalue weighted by Crippen LogP contribution is 2.32. The van der Waals surface area contributed by atoms with E-state index >= 15 is 0 Å². The summed E-state index contributed by atoms with van der Waals surface area (Å²) in [6.45, 7) is 1.95. The third-order valence-corrected chi connectivity index (χ3v) is 5.42. The number of methoxy groups -OCH3 is 1. The predicted octanol–water partition coefficient (Wildman–Crippen LogP) is 3.56. The highest BCUT2D eigenvalue weighted by molar-refractivity contribution is 6.30. The quantitative estimate of drug-likeness (QED) is 0.429. The number of carbonyl (C=O) groups excluding carboxylic acids is 1. The Hall–Kier alpha value is -3.45. The van der Waals surface area contributed by atoms with Gasteiger partial charge in [0.15, 0.2) is 5.69 Å². The van der Waals surface area contributed by atoms with Crippen LogP contribution in [0.2, 0.25) is 5.02 Å². The van der Waals surface area contributed by atoms with Gasteiger partial charge in [0.25, 0.3) is 0 Å². The monoisotopic (exact) mass is 405 g/mol. The van der Waals surface area contributed by atoms with Crippen molar-refractivity contribution < 1.29 is 9.53 Å². The summed E-state index contributed by atoms with van der Waals surface area (Å²) in [6.07, 6.45) is 2.26. The van der Waals surface area contributed by atoms with Crippen LogP contribution in [0.1, 0.15) is 33.1 Å². The third kappa shape index (κ3) is 2.74. The first-order chi connectivity index (χ1) is 14.1. The molecule has 0 atom stereocenters. The van der Waals surface area contributed by atoms with Gasteiger partial charge in [0.1, 0.15) is 5.75 Å². The summed E-state index contributed by atoms with van der Waals surface area (Å²) in [4.78, 5) is 17.6. The number of fused-ring (bicyclic) bond motifs is 5. The standard InChI is InChI=1S/C21H16ClN5O2/c1-12-17-10-19-20(21(28)13-3-5-14(22)6-4-13)24-25-27(19)18-9-15(29-2)7-8-16(18)26(17)11-23-12/h3-9,11H,10H2,1-2H3. The van der Waals surface area contributed by atoms with Crippen molar-refractivity contribution in [2.75, 3.05) is 7.11 Å². The number of rotatable bonds is 3. The molecule has 0 aliphatic carbocycles. The molecule has 0 saturated carbocycles. The van der Waals surface area contributed by atoms with E-state index in [1.807, 2.05) is 29.7 Å². The van der Waals surface area contributed by atoms with Gasteiger partial charge in [-0.05, 0) is 43.3 Å². The lowest BCUT2D eigenvalue weighted by Gasteiger charge is -2.11. The zero-order chi connectivity index (χ0) is 20.1. The van der Waals surface area contributed by atoms with Gasteiger partial charge in [-0.1, -0.05) is 16.8 Å². The fraction of sp³-hybridized carbons (Fsp3) is 0.143. The van der Waals surface area contributed by atoms with E-state index in [2.05, 4.69) is 15.3 Å². The van der Waals surface area contributed by atoms with E-state index in [1.54, 1.807) is 42.4 Å². The smallest absolute Gasteiger partial charge is 0.215 e. The van der Waals surface area contributed by atoms with Crippen molar-refractivity contribution >= 4 is 17.4 Å². The molecule has 7 nitrogen and oxygen atoms in total. The highest BCUT2D eigenvalue weighted by Gasteiger charge is 2.28. The maximum Gasteiger partial charge on any atom is 0.215 e. The summed E-state index contributed by atoms with van der Waals surface area (Å²) in [5.74, 6) is 0.494. The summed E-state index contributed by atoms with van der Waals surface area (Å²) in [6, 6.07) is 12.5. The van der Waals surface area contributed by atoms with E-state index in [9.17, 15) is 4.79 Å². The molecule has 0 fully saturated rings. The molecule has 8 heteroatoms. The van der Waals surface area contributed by atoms with Gasteiger partial charge in [0, 0.05) is 23.1 Å². The maximum absolute atomic E-state index is 13.2. The van der Waals surface area contributed by atoms with Crippen molar-refractivity contribution in [3.05, 3.63) is 82.2 Å². The normalized spacial score (nSPS) is 12.0. The number of carbonyl (C=O) groups is 1. The molecule has 4 aromatic rings. The first kappa shape index (κ1) is 17.6. The van der Waals surface area contributed by atoms with Gasteiger partial charge in [0.2, 0.25) is 5.78 Å². The minimum Gasteiger partial charge on any atom is -0.497 e. The van der Waals surface area contributed by atoms with Crippen molar-refractivity contribution in [1.29, 1.82) is 0 Å². The highest BCUT2D eigenvalue weighted by atomic mass is 35.5. The van der Waals surface area contributed by atoms with Gasteiger partial charge < -0.3 is 9.30 Å². The van der Waals surface area contributed by atoms with Crippen molar-refractivity contribution in [2.24, 2.45) is 0 Å². The van der Waals surface area contributed by atoms with Crippen LogP contribution in [0.15, 0.2) is 48.8 Å². The van der Waals surface area contributed by atoms with E-state index in [-0.39, 0.29) is 5.78 Å². The molecule has 29 heavy (non-hydrogen) atoms. The maximum atomic E-state index is 13.2. The predicted molar refractivity (Wildman–Crippen MR) is 107 cm³/mol. The van der Waals surface area contributed by atoms with Crippen LogP contribution in [0.4, 0.5) is 0 Å². The van der Waals surface area contributed by atoms with Gasteiger partial charge in [-0.2, -0.15) is 0 Å². The fourth-order valence-electron chi connectivity index (χ4n) is 3.61. The Morgan fingerprint density at radius 3 is 2.66 bits per heavy atom. The van der Waals surface area contributed by atoms with Gasteiger partial charge in [-0.3, -0.25) is 4.79 Å². The number of aryl methyl sites for hydroxylation is 1. The summed E-state index contributed by atoms with van der Waals surface area (Å²) >= 11 is 5.96. The van der Waals surface area contributed by atoms with Crippen LogP contribution < -0.4 is 4.74 Å². The number of nitrogens with zero attached hydrogens (tertiary/aromatic N) is 5. The van der Waals surface area contributed by atoms with E-state index in [1.165, 1.54) is 0 Å². The number of hydrogen-bond acceptors (Lipinski definition) is 5. The summed E-state index contributed by atoms with van der Waals surface area (Å²) in [7, 11) is 1.61. The topological polar surface area (TPSA) is 74.8 Å². The Kier molecular flexibility index (Phi) is 3.99. The first-order valence-corrected chi connectivity index (χ1v) is 9.41. The molecule has 2 aromatic carbocycles. The van der Waals surface area contributed by atoms with Crippen LogP contribution in [0.5, 0.6) is 5.75 Å². The first-order valence-electron chi connectivity index (χ1n) is 9.03. The molecule has 0 radical (unpaired) electrons. The van der Waals surface area contributed by atoms with Crippen molar-refractivity contribution in [3.63, 3.8) is 0 Å². The third-order valence-electron chi connectivity index (χ3n) is 5.17. The molecule has 0 bridgehead atoms. The molecule has 0 N–H and O–H groups in total. The Morgan fingerprint density at radius 1 is 1.10 bits per heavy atom. The number of aromatic nitrogens is 5. The van der Waals surface area contributed by atoms with E-state index in [0.29, 0.717) is 34.1 Å². The molecular weight excluding hydrogens is 390 g/mol. The molecule has 0 unspecified atom stereocenters. The minimum absolute atomic E-state index is 0.196. The van der Waals surface area contributed by atoms with Crippen LogP contribution in [-0.2, 0) is 6.42 Å². The van der Waals surface area contributed by atoms with E-state index in [0.717, 1.165) is 22.8 Å². The van der Waals surface area contributed by atoms with E-state index in [4.69, 9.17) is 16.3 Å². The lowest BCUT2D eigenvalue weighted by atomic mass is 10.0. The van der Waals surface area contributed by atoms with Crippen LogP contribution in [0.3, 0.4) is 0 Å². The molecule has 1 aliphatic rings. The minimum atomic E-state index is -0.196. The average Bonchev–Trinajstić information content (AvgIpc) is 3.28. The molecule has 2 aromatic heterocycles. The second-order valence-electron chi connectivity index (χ2n) is 6.81. The van der Waals surface area contributed by atoms with Gasteiger partial charge in [-0.15, -0.1) is 5.10 Å². The van der Waals surface area contributed by atoms with Crippen molar-refractivity contribution in [1.82, 2.24) is 24.5 Å². The zero-order valence-corrected chi connectivity index (χ0v) is 16.5. The number of halogens is 1. The Labute approximate surface area is 171 Å². The lowest BCUT2D eigenvalue weighted by molar-refractivity contribution is 0.103. The molecule has 1 aliphatic heterocycles. The molecule has 3 heterocycles. The van der Waals surface area contributed by atoms with Crippen molar-refractivity contribution in [2.45, 2.75) is 13.3 Å². The fourth-order valence-corrected chi connectivity index (χ4v) is 3.74.